The quantitative estimate of drug-likeness (QED) is 0.822. The number of aromatic nitrogens is 2. The smallest absolute Gasteiger partial charge is 0.303 e. The molecule has 0 bridgehead atoms. The van der Waals surface area contributed by atoms with Crippen molar-refractivity contribution in [2.45, 2.75) is 48.7 Å². The normalized spacial score (nSPS) is 14.9. The number of pyridine rings is 2. The number of aryl methyl sites for hydroxylation is 1. The van der Waals surface area contributed by atoms with E-state index in [-0.39, 0.29) is 11.2 Å². The summed E-state index contributed by atoms with van der Waals surface area (Å²) in [7, 11) is 0. The summed E-state index contributed by atoms with van der Waals surface area (Å²) in [6, 6.07) is 3.89. The van der Waals surface area contributed by atoms with Gasteiger partial charge in [-0.3, -0.25) is 14.8 Å². The van der Waals surface area contributed by atoms with Gasteiger partial charge >= 0.3 is 5.97 Å². The Labute approximate surface area is 152 Å². The van der Waals surface area contributed by atoms with E-state index in [4.69, 9.17) is 5.11 Å². The number of aliphatic carboxylic acids is 1. The molecule has 0 unspecified atom stereocenters. The van der Waals surface area contributed by atoms with E-state index in [0.29, 0.717) is 6.42 Å². The maximum atomic E-state index is 10.9. The van der Waals surface area contributed by atoms with Crippen molar-refractivity contribution < 1.29 is 9.90 Å². The Balaban J connectivity index is 1.82. The molecule has 2 heterocycles. The van der Waals surface area contributed by atoms with Crippen molar-refractivity contribution in [2.75, 3.05) is 0 Å². The minimum atomic E-state index is -0.727. The van der Waals surface area contributed by atoms with Gasteiger partial charge in [0.05, 0.1) is 5.56 Å². The molecule has 0 spiro atoms. The van der Waals surface area contributed by atoms with Gasteiger partial charge in [-0.2, -0.15) is 0 Å². The van der Waals surface area contributed by atoms with Crippen molar-refractivity contribution in [2.24, 2.45) is 0 Å². The van der Waals surface area contributed by atoms with Crippen LogP contribution in [-0.2, 0) is 4.79 Å². The highest BCUT2D eigenvalue weighted by atomic mass is 32.2. The predicted octanol–water partition coefficient (Wildman–Crippen LogP) is 4.06. The molecule has 4 nitrogen and oxygen atoms in total. The van der Waals surface area contributed by atoms with Gasteiger partial charge in [-0.25, -0.2) is 0 Å². The van der Waals surface area contributed by atoms with Crippen molar-refractivity contribution in [3.8, 4) is 11.8 Å². The van der Waals surface area contributed by atoms with Gasteiger partial charge in [-0.1, -0.05) is 18.3 Å². The summed E-state index contributed by atoms with van der Waals surface area (Å²) in [4.78, 5) is 20.3. The highest BCUT2D eigenvalue weighted by molar-refractivity contribution is 8.00. The monoisotopic (exact) mass is 352 g/mol. The van der Waals surface area contributed by atoms with Crippen LogP contribution in [0.2, 0.25) is 0 Å². The van der Waals surface area contributed by atoms with E-state index in [1.165, 1.54) is 0 Å². The topological polar surface area (TPSA) is 63.1 Å². The van der Waals surface area contributed by atoms with E-state index in [9.17, 15) is 4.79 Å². The molecular weight excluding hydrogens is 332 g/mol. The third-order valence-corrected chi connectivity index (χ3v) is 6.14. The number of rotatable bonds is 5. The van der Waals surface area contributed by atoms with Gasteiger partial charge in [-0.15, -0.1) is 11.8 Å². The molecule has 1 aliphatic rings. The predicted molar refractivity (Wildman–Crippen MR) is 98.5 cm³/mol. The first-order valence-corrected chi connectivity index (χ1v) is 9.17. The lowest BCUT2D eigenvalue weighted by Crippen LogP contribution is -2.33. The van der Waals surface area contributed by atoms with Crippen LogP contribution in [0.3, 0.4) is 0 Å². The molecule has 1 N–H and O–H groups in total. The van der Waals surface area contributed by atoms with Gasteiger partial charge in [0.25, 0.3) is 0 Å². The maximum absolute atomic E-state index is 10.9. The molecule has 2 aromatic heterocycles. The second-order valence-electron chi connectivity index (χ2n) is 6.34. The van der Waals surface area contributed by atoms with Crippen molar-refractivity contribution in [1.82, 2.24) is 9.97 Å². The highest BCUT2D eigenvalue weighted by Gasteiger charge is 2.38. The summed E-state index contributed by atoms with van der Waals surface area (Å²) in [5.41, 5.74) is 2.90. The maximum Gasteiger partial charge on any atom is 0.303 e. The van der Waals surface area contributed by atoms with Crippen molar-refractivity contribution in [1.29, 1.82) is 0 Å². The van der Waals surface area contributed by atoms with Crippen LogP contribution >= 0.6 is 11.8 Å². The number of carboxylic acid groups (broad SMARTS) is 1. The van der Waals surface area contributed by atoms with Gasteiger partial charge in [0.1, 0.15) is 0 Å². The van der Waals surface area contributed by atoms with Crippen LogP contribution in [0.5, 0.6) is 0 Å². The third-order valence-electron chi connectivity index (χ3n) is 4.52. The largest absolute Gasteiger partial charge is 0.481 e. The molecule has 25 heavy (non-hydrogen) atoms. The molecule has 0 aromatic carbocycles. The number of thioether (sulfide) groups is 1. The molecule has 1 aliphatic carbocycles. The van der Waals surface area contributed by atoms with E-state index in [2.05, 4.69) is 21.8 Å². The Bertz CT molecular complexity index is 835. The molecular formula is C20H20N2O2S. The molecule has 0 radical (unpaired) electrons. The summed E-state index contributed by atoms with van der Waals surface area (Å²) in [6.45, 7) is 1.99. The molecule has 5 heteroatoms. The van der Waals surface area contributed by atoms with Crippen LogP contribution < -0.4 is 0 Å². The van der Waals surface area contributed by atoms with Crippen LogP contribution in [0.25, 0.3) is 0 Å². The zero-order valence-electron chi connectivity index (χ0n) is 14.2. The van der Waals surface area contributed by atoms with Gasteiger partial charge in [-0.05, 0) is 43.9 Å². The minimum Gasteiger partial charge on any atom is -0.481 e. The van der Waals surface area contributed by atoms with E-state index in [1.54, 1.807) is 36.5 Å². The molecule has 3 rings (SSSR count). The number of hydrogen-bond donors (Lipinski definition) is 1. The van der Waals surface area contributed by atoms with Gasteiger partial charge in [0.15, 0.2) is 0 Å². The van der Waals surface area contributed by atoms with Crippen LogP contribution in [0.15, 0.2) is 41.8 Å². The third kappa shape index (κ3) is 4.40. The van der Waals surface area contributed by atoms with E-state index >= 15 is 0 Å². The molecule has 0 aliphatic heterocycles. The summed E-state index contributed by atoms with van der Waals surface area (Å²) >= 11 is 1.77. The lowest BCUT2D eigenvalue weighted by molar-refractivity contribution is -0.137. The van der Waals surface area contributed by atoms with Crippen molar-refractivity contribution in [3.63, 3.8) is 0 Å². The molecule has 1 fully saturated rings. The Kier molecular flexibility index (Phi) is 5.40. The minimum absolute atomic E-state index is 0.0305. The molecule has 0 amide bonds. The second-order valence-corrected chi connectivity index (χ2v) is 7.85. The Morgan fingerprint density at radius 3 is 2.60 bits per heavy atom. The summed E-state index contributed by atoms with van der Waals surface area (Å²) in [5, 5.41) is 9.01. The number of carboxylic acids is 1. The molecule has 2 aromatic rings. The van der Waals surface area contributed by atoms with E-state index < -0.39 is 5.97 Å². The fourth-order valence-corrected chi connectivity index (χ4v) is 4.36. The average molecular weight is 352 g/mol. The first kappa shape index (κ1) is 17.5. The zero-order valence-corrected chi connectivity index (χ0v) is 15.0. The number of carbonyl (C=O) groups is 1. The fraction of sp³-hybridized carbons (Fsp3) is 0.350. The van der Waals surface area contributed by atoms with Gasteiger partial charge in [0, 0.05) is 46.4 Å². The fourth-order valence-electron chi connectivity index (χ4n) is 2.86. The summed E-state index contributed by atoms with van der Waals surface area (Å²) in [6.07, 6.45) is 11.3. The van der Waals surface area contributed by atoms with Gasteiger partial charge in [0.2, 0.25) is 0 Å². The molecule has 0 atom stereocenters. The van der Waals surface area contributed by atoms with E-state index in [0.717, 1.165) is 40.8 Å². The van der Waals surface area contributed by atoms with Crippen LogP contribution in [0.1, 0.15) is 48.8 Å². The lowest BCUT2D eigenvalue weighted by Gasteiger charge is -2.41. The molecule has 1 saturated carbocycles. The first-order chi connectivity index (χ1) is 12.1. The van der Waals surface area contributed by atoms with Crippen molar-refractivity contribution >= 4 is 17.7 Å². The van der Waals surface area contributed by atoms with Crippen LogP contribution in [0.4, 0.5) is 0 Å². The SMILES string of the molecule is Cc1cnccc1C#Cc1cnccc1SC1(CCC(=O)O)CCC1. The highest BCUT2D eigenvalue weighted by Crippen LogP contribution is 2.51. The number of hydrogen-bond acceptors (Lipinski definition) is 4. The second kappa shape index (κ2) is 7.71. The lowest BCUT2D eigenvalue weighted by atomic mass is 9.81. The zero-order chi connectivity index (χ0) is 17.7. The Morgan fingerprint density at radius 2 is 1.92 bits per heavy atom. The standard InChI is InChI=1S/C20H20N2O2S/c1-15-13-21-11-6-16(15)3-4-17-14-22-12-7-18(17)25-20(8-2-9-20)10-5-19(23)24/h6-7,11-14H,2,5,8-10H2,1H3,(H,23,24). The average Bonchev–Trinajstić information content (AvgIpc) is 2.57. The van der Waals surface area contributed by atoms with Crippen LogP contribution in [-0.4, -0.2) is 25.8 Å². The van der Waals surface area contributed by atoms with E-state index in [1.807, 2.05) is 19.1 Å². The molecule has 128 valence electrons. The van der Waals surface area contributed by atoms with Crippen molar-refractivity contribution in [3.05, 3.63) is 53.6 Å². The summed E-state index contributed by atoms with van der Waals surface area (Å²) in [5.74, 6) is 5.71. The number of nitrogens with zero attached hydrogens (tertiary/aromatic N) is 2. The molecule has 0 saturated heterocycles. The Morgan fingerprint density at radius 1 is 1.20 bits per heavy atom. The van der Waals surface area contributed by atoms with Gasteiger partial charge < -0.3 is 5.11 Å². The van der Waals surface area contributed by atoms with Crippen LogP contribution in [0, 0.1) is 18.8 Å². The Hall–Kier alpha value is -2.32. The summed E-state index contributed by atoms with van der Waals surface area (Å²) < 4.78 is 0.0305. The first-order valence-electron chi connectivity index (χ1n) is 8.35.